The monoisotopic (exact) mass is 260 g/mol. The van der Waals surface area contributed by atoms with Gasteiger partial charge in [-0.05, 0) is 23.4 Å². The highest BCUT2D eigenvalue weighted by atomic mass is 32.1. The van der Waals surface area contributed by atoms with Gasteiger partial charge in [-0.3, -0.25) is 4.79 Å². The lowest BCUT2D eigenvalue weighted by Gasteiger charge is -2.11. The third-order valence-electron chi connectivity index (χ3n) is 2.65. The number of hydrogen-bond acceptors (Lipinski definition) is 3. The van der Waals surface area contributed by atoms with Crippen LogP contribution in [0.2, 0.25) is 0 Å². The lowest BCUT2D eigenvalue weighted by atomic mass is 10.1. The van der Waals surface area contributed by atoms with Crippen LogP contribution in [-0.2, 0) is 17.8 Å². The molecule has 1 heterocycles. The average molecular weight is 260 g/mol. The molecule has 0 bridgehead atoms. The number of hydrogen-bond donors (Lipinski definition) is 2. The van der Waals surface area contributed by atoms with Gasteiger partial charge >= 0.3 is 0 Å². The van der Waals surface area contributed by atoms with Crippen molar-refractivity contribution in [1.29, 1.82) is 0 Å². The summed E-state index contributed by atoms with van der Waals surface area (Å²) < 4.78 is 0. The fourth-order valence-electron chi connectivity index (χ4n) is 1.68. The van der Waals surface area contributed by atoms with Crippen LogP contribution in [0.4, 0.5) is 0 Å². The molecule has 18 heavy (non-hydrogen) atoms. The van der Waals surface area contributed by atoms with Crippen LogP contribution in [0.15, 0.2) is 47.8 Å². The van der Waals surface area contributed by atoms with Gasteiger partial charge < -0.3 is 11.1 Å². The van der Waals surface area contributed by atoms with Gasteiger partial charge in [-0.15, -0.1) is 11.3 Å². The first-order valence-corrected chi connectivity index (χ1v) is 6.73. The van der Waals surface area contributed by atoms with Gasteiger partial charge in [-0.1, -0.05) is 36.4 Å². The Kier molecular flexibility index (Phi) is 4.50. The van der Waals surface area contributed by atoms with Crippen molar-refractivity contribution >= 4 is 17.2 Å². The Bertz CT molecular complexity index is 482. The lowest BCUT2D eigenvalue weighted by molar-refractivity contribution is -0.122. The smallest absolute Gasteiger partial charge is 0.237 e. The molecule has 1 amide bonds. The van der Waals surface area contributed by atoms with Crippen molar-refractivity contribution in [3.05, 3.63) is 58.3 Å². The Morgan fingerprint density at radius 3 is 2.67 bits per heavy atom. The number of nitrogens with two attached hydrogens (primary N) is 1. The van der Waals surface area contributed by atoms with E-state index in [0.29, 0.717) is 13.0 Å². The number of nitrogens with one attached hydrogen (secondary N) is 1. The minimum absolute atomic E-state index is 0.104. The second-order valence-corrected chi connectivity index (χ2v) is 5.13. The highest BCUT2D eigenvalue weighted by Crippen LogP contribution is 2.07. The highest BCUT2D eigenvalue weighted by Gasteiger charge is 2.13. The van der Waals surface area contributed by atoms with Gasteiger partial charge in [0.15, 0.2) is 0 Å². The summed E-state index contributed by atoms with van der Waals surface area (Å²) in [4.78, 5) is 12.9. The van der Waals surface area contributed by atoms with Crippen LogP contribution < -0.4 is 11.1 Å². The maximum absolute atomic E-state index is 11.8. The summed E-state index contributed by atoms with van der Waals surface area (Å²) in [6.45, 7) is 0.555. The molecule has 0 saturated carbocycles. The second kappa shape index (κ2) is 6.33. The summed E-state index contributed by atoms with van der Waals surface area (Å²) in [6.07, 6.45) is 0.567. The maximum Gasteiger partial charge on any atom is 0.237 e. The van der Waals surface area contributed by atoms with Crippen LogP contribution in [0.25, 0.3) is 0 Å². The van der Waals surface area contributed by atoms with Crippen molar-refractivity contribution in [3.63, 3.8) is 0 Å². The van der Waals surface area contributed by atoms with Crippen LogP contribution in [0.3, 0.4) is 0 Å². The first-order chi connectivity index (χ1) is 8.75. The van der Waals surface area contributed by atoms with Crippen LogP contribution >= 0.6 is 11.3 Å². The number of carbonyl (C=O) groups excluding carboxylic acids is 1. The Morgan fingerprint density at radius 1 is 1.22 bits per heavy atom. The molecular weight excluding hydrogens is 244 g/mol. The van der Waals surface area contributed by atoms with Gasteiger partial charge in [-0.25, -0.2) is 0 Å². The molecule has 3 N–H and O–H groups in total. The topological polar surface area (TPSA) is 55.1 Å². The molecule has 3 nitrogen and oxygen atoms in total. The number of carbonyl (C=O) groups is 1. The summed E-state index contributed by atoms with van der Waals surface area (Å²) in [6, 6.07) is 13.3. The standard InChI is InChI=1S/C14H16N2OS/c15-13(9-11-5-2-1-3-6-11)14(17)16-10-12-7-4-8-18-12/h1-8,13H,9-10,15H2,(H,16,17)/t13-/m0/s1. The van der Waals surface area contributed by atoms with E-state index in [0.717, 1.165) is 10.4 Å². The molecule has 0 unspecified atom stereocenters. The summed E-state index contributed by atoms with van der Waals surface area (Å²) in [5.41, 5.74) is 6.96. The molecule has 0 saturated heterocycles. The Labute approximate surface area is 111 Å². The third-order valence-corrected chi connectivity index (χ3v) is 3.53. The predicted molar refractivity (Wildman–Crippen MR) is 74.3 cm³/mol. The molecule has 0 spiro atoms. The Hall–Kier alpha value is -1.65. The molecule has 2 rings (SSSR count). The highest BCUT2D eigenvalue weighted by molar-refractivity contribution is 7.09. The van der Waals surface area contributed by atoms with E-state index in [2.05, 4.69) is 5.32 Å². The predicted octanol–water partition coefficient (Wildman–Crippen LogP) is 1.93. The van der Waals surface area contributed by atoms with Crippen molar-refractivity contribution in [2.45, 2.75) is 19.0 Å². The largest absolute Gasteiger partial charge is 0.350 e. The Balaban J connectivity index is 1.82. The first-order valence-electron chi connectivity index (χ1n) is 5.85. The molecule has 0 aliphatic rings. The van der Waals surface area contributed by atoms with E-state index in [-0.39, 0.29) is 5.91 Å². The second-order valence-electron chi connectivity index (χ2n) is 4.09. The molecule has 4 heteroatoms. The van der Waals surface area contributed by atoms with Crippen LogP contribution in [0, 0.1) is 0 Å². The molecule has 1 aromatic carbocycles. The third kappa shape index (κ3) is 3.68. The van der Waals surface area contributed by atoms with E-state index in [1.54, 1.807) is 11.3 Å². The number of amides is 1. The van der Waals surface area contributed by atoms with E-state index < -0.39 is 6.04 Å². The SMILES string of the molecule is N[C@@H](Cc1ccccc1)C(=O)NCc1cccs1. The fourth-order valence-corrected chi connectivity index (χ4v) is 2.32. The summed E-state index contributed by atoms with van der Waals surface area (Å²) in [5, 5.41) is 4.84. The maximum atomic E-state index is 11.8. The molecule has 2 aromatic rings. The molecule has 94 valence electrons. The normalized spacial score (nSPS) is 12.1. The minimum atomic E-state index is -0.493. The number of benzene rings is 1. The molecule has 0 aliphatic heterocycles. The zero-order valence-electron chi connectivity index (χ0n) is 10.0. The van der Waals surface area contributed by atoms with E-state index in [1.165, 1.54) is 0 Å². The van der Waals surface area contributed by atoms with Crippen molar-refractivity contribution in [2.75, 3.05) is 0 Å². The quantitative estimate of drug-likeness (QED) is 0.863. The zero-order chi connectivity index (χ0) is 12.8. The van der Waals surface area contributed by atoms with E-state index >= 15 is 0 Å². The van der Waals surface area contributed by atoms with Crippen molar-refractivity contribution in [1.82, 2.24) is 5.32 Å². The van der Waals surface area contributed by atoms with Gasteiger partial charge in [0.05, 0.1) is 12.6 Å². The van der Waals surface area contributed by atoms with Crippen molar-refractivity contribution in [2.24, 2.45) is 5.73 Å². The molecule has 0 fully saturated rings. The van der Waals surface area contributed by atoms with E-state index in [1.807, 2.05) is 47.8 Å². The van der Waals surface area contributed by atoms with Gasteiger partial charge in [0.25, 0.3) is 0 Å². The molecule has 1 aromatic heterocycles. The van der Waals surface area contributed by atoms with Crippen molar-refractivity contribution in [3.8, 4) is 0 Å². The van der Waals surface area contributed by atoms with E-state index in [4.69, 9.17) is 5.73 Å². The molecule has 0 aliphatic carbocycles. The summed E-state index contributed by atoms with van der Waals surface area (Å²) in [7, 11) is 0. The number of thiophene rings is 1. The van der Waals surface area contributed by atoms with Crippen LogP contribution in [0.1, 0.15) is 10.4 Å². The first kappa shape index (κ1) is 12.8. The zero-order valence-corrected chi connectivity index (χ0v) is 10.8. The molecular formula is C14H16N2OS. The molecule has 0 radical (unpaired) electrons. The van der Waals surface area contributed by atoms with Crippen LogP contribution in [-0.4, -0.2) is 11.9 Å². The fraction of sp³-hybridized carbons (Fsp3) is 0.214. The van der Waals surface area contributed by atoms with E-state index in [9.17, 15) is 4.79 Å². The van der Waals surface area contributed by atoms with Gasteiger partial charge in [0.2, 0.25) is 5.91 Å². The average Bonchev–Trinajstić information content (AvgIpc) is 2.90. The van der Waals surface area contributed by atoms with Gasteiger partial charge in [0, 0.05) is 4.88 Å². The van der Waals surface area contributed by atoms with Crippen LogP contribution in [0.5, 0.6) is 0 Å². The summed E-state index contributed by atoms with van der Waals surface area (Å²) in [5.74, 6) is -0.104. The Morgan fingerprint density at radius 2 is 2.00 bits per heavy atom. The van der Waals surface area contributed by atoms with Crippen molar-refractivity contribution < 1.29 is 4.79 Å². The lowest BCUT2D eigenvalue weighted by Crippen LogP contribution is -2.41. The van der Waals surface area contributed by atoms with Gasteiger partial charge in [-0.2, -0.15) is 0 Å². The number of rotatable bonds is 5. The summed E-state index contributed by atoms with van der Waals surface area (Å²) >= 11 is 1.63. The molecule has 1 atom stereocenters. The van der Waals surface area contributed by atoms with Gasteiger partial charge in [0.1, 0.15) is 0 Å². The minimum Gasteiger partial charge on any atom is -0.350 e.